The van der Waals surface area contributed by atoms with Crippen LogP contribution in [0.15, 0.2) is 29.8 Å². The van der Waals surface area contributed by atoms with Crippen molar-refractivity contribution in [2.45, 2.75) is 13.3 Å². The minimum absolute atomic E-state index is 0.288. The molecule has 0 fully saturated rings. The summed E-state index contributed by atoms with van der Waals surface area (Å²) < 4.78 is 11.4. The second-order valence-electron chi connectivity index (χ2n) is 5.48. The van der Waals surface area contributed by atoms with Crippen molar-refractivity contribution in [2.75, 3.05) is 18.5 Å². The summed E-state index contributed by atoms with van der Waals surface area (Å²) in [5.74, 6) is 1.06. The molecule has 7 heteroatoms. The van der Waals surface area contributed by atoms with Gasteiger partial charge >= 0.3 is 0 Å². The minimum atomic E-state index is -0.288. The van der Waals surface area contributed by atoms with Crippen molar-refractivity contribution < 1.29 is 14.3 Å². The quantitative estimate of drug-likeness (QED) is 0.773. The van der Waals surface area contributed by atoms with Crippen molar-refractivity contribution >= 4 is 33.1 Å². The van der Waals surface area contributed by atoms with Gasteiger partial charge in [-0.15, -0.1) is 11.3 Å². The van der Waals surface area contributed by atoms with Crippen molar-refractivity contribution in [1.82, 2.24) is 9.97 Å². The average molecular weight is 341 g/mol. The normalized spacial score (nSPS) is 13.5. The molecule has 1 amide bonds. The van der Waals surface area contributed by atoms with Crippen molar-refractivity contribution in [2.24, 2.45) is 0 Å². The molecule has 0 aliphatic carbocycles. The third-order valence-corrected chi connectivity index (χ3v) is 4.56. The van der Waals surface area contributed by atoms with Crippen LogP contribution in [0.1, 0.15) is 22.6 Å². The van der Waals surface area contributed by atoms with Crippen LogP contribution in [-0.2, 0) is 0 Å². The average Bonchev–Trinajstić information content (AvgIpc) is 2.85. The third kappa shape index (κ3) is 2.78. The standard InChI is InChI=1S/C17H15N3O3S/c1-10-9-24-17(19-10)20-16(21)15-12-8-14-13(22-5-2-6-23-14)7-11(12)3-4-18-15/h3-4,7-9H,2,5-6H2,1H3,(H,19,20,21). The van der Waals surface area contributed by atoms with Gasteiger partial charge in [-0.3, -0.25) is 15.1 Å². The van der Waals surface area contributed by atoms with Crippen LogP contribution in [0.25, 0.3) is 10.8 Å². The van der Waals surface area contributed by atoms with Crippen molar-refractivity contribution in [3.63, 3.8) is 0 Å². The summed E-state index contributed by atoms with van der Waals surface area (Å²) in [4.78, 5) is 21.1. The van der Waals surface area contributed by atoms with E-state index in [4.69, 9.17) is 9.47 Å². The first-order valence-electron chi connectivity index (χ1n) is 7.62. The Kier molecular flexibility index (Phi) is 3.78. The second-order valence-corrected chi connectivity index (χ2v) is 6.34. The highest BCUT2D eigenvalue weighted by Gasteiger charge is 2.18. The van der Waals surface area contributed by atoms with Crippen molar-refractivity contribution in [3.05, 3.63) is 41.2 Å². The molecule has 0 atom stereocenters. The lowest BCUT2D eigenvalue weighted by atomic mass is 10.1. The summed E-state index contributed by atoms with van der Waals surface area (Å²) in [5.41, 5.74) is 1.22. The molecule has 4 rings (SSSR count). The van der Waals surface area contributed by atoms with E-state index in [2.05, 4.69) is 15.3 Å². The number of carbonyl (C=O) groups excluding carboxylic acids is 1. The fourth-order valence-electron chi connectivity index (χ4n) is 2.58. The smallest absolute Gasteiger partial charge is 0.276 e. The molecule has 0 spiro atoms. The number of pyridine rings is 1. The van der Waals surface area contributed by atoms with E-state index in [1.165, 1.54) is 11.3 Å². The Balaban J connectivity index is 1.74. The van der Waals surface area contributed by atoms with Gasteiger partial charge in [0.2, 0.25) is 0 Å². The summed E-state index contributed by atoms with van der Waals surface area (Å²) in [6.45, 7) is 3.11. The van der Waals surface area contributed by atoms with Gasteiger partial charge in [0.05, 0.1) is 18.9 Å². The molecule has 0 radical (unpaired) electrons. The molecule has 3 heterocycles. The molecule has 2 aromatic heterocycles. The molecule has 0 unspecified atom stereocenters. The summed E-state index contributed by atoms with van der Waals surface area (Å²) in [7, 11) is 0. The van der Waals surface area contributed by atoms with Crippen molar-refractivity contribution in [3.8, 4) is 11.5 Å². The Hall–Kier alpha value is -2.67. The van der Waals surface area contributed by atoms with E-state index in [-0.39, 0.29) is 5.91 Å². The summed E-state index contributed by atoms with van der Waals surface area (Å²) in [6.07, 6.45) is 2.45. The van der Waals surface area contributed by atoms with Crippen LogP contribution in [0.2, 0.25) is 0 Å². The van der Waals surface area contributed by atoms with Gasteiger partial charge in [0.1, 0.15) is 5.69 Å². The topological polar surface area (TPSA) is 73.3 Å². The molecular formula is C17H15N3O3S. The zero-order chi connectivity index (χ0) is 16.5. The SMILES string of the molecule is Cc1csc(NC(=O)c2nccc3cc4c(cc23)OCCCO4)n1. The number of ether oxygens (including phenoxy) is 2. The van der Waals surface area contributed by atoms with E-state index in [1.54, 1.807) is 6.20 Å². The van der Waals surface area contributed by atoms with E-state index in [1.807, 2.05) is 30.5 Å². The van der Waals surface area contributed by atoms with Crippen LogP contribution in [0.3, 0.4) is 0 Å². The van der Waals surface area contributed by atoms with Gasteiger partial charge in [0.25, 0.3) is 5.91 Å². The number of aromatic nitrogens is 2. The van der Waals surface area contributed by atoms with E-state index >= 15 is 0 Å². The van der Waals surface area contributed by atoms with Crippen LogP contribution in [-0.4, -0.2) is 29.1 Å². The maximum atomic E-state index is 12.6. The Morgan fingerprint density at radius 3 is 2.79 bits per heavy atom. The highest BCUT2D eigenvalue weighted by atomic mass is 32.1. The number of nitrogens with zero attached hydrogens (tertiary/aromatic N) is 2. The predicted octanol–water partition coefficient (Wildman–Crippen LogP) is 3.41. The van der Waals surface area contributed by atoms with Crippen molar-refractivity contribution in [1.29, 1.82) is 0 Å². The molecule has 24 heavy (non-hydrogen) atoms. The van der Waals surface area contributed by atoms with E-state index in [0.717, 1.165) is 22.9 Å². The second kappa shape index (κ2) is 6.09. The van der Waals surface area contributed by atoms with Crippen LogP contribution >= 0.6 is 11.3 Å². The predicted molar refractivity (Wildman–Crippen MR) is 92.2 cm³/mol. The van der Waals surface area contributed by atoms with E-state index in [0.29, 0.717) is 35.5 Å². The van der Waals surface area contributed by atoms with E-state index < -0.39 is 0 Å². The first-order chi connectivity index (χ1) is 11.7. The Labute approximate surface area is 142 Å². The number of amides is 1. The molecule has 6 nitrogen and oxygen atoms in total. The zero-order valence-electron chi connectivity index (χ0n) is 13.0. The van der Waals surface area contributed by atoms with Crippen LogP contribution in [0.5, 0.6) is 11.5 Å². The number of hydrogen-bond acceptors (Lipinski definition) is 6. The lowest BCUT2D eigenvalue weighted by molar-refractivity contribution is 0.102. The highest BCUT2D eigenvalue weighted by Crippen LogP contribution is 2.35. The molecule has 1 N–H and O–H groups in total. The number of benzene rings is 1. The number of aryl methyl sites for hydroxylation is 1. The maximum absolute atomic E-state index is 12.6. The van der Waals surface area contributed by atoms with Gasteiger partial charge < -0.3 is 9.47 Å². The minimum Gasteiger partial charge on any atom is -0.490 e. The molecule has 0 saturated heterocycles. The molecule has 1 aliphatic rings. The lowest BCUT2D eigenvalue weighted by Crippen LogP contribution is -2.14. The molecule has 1 aliphatic heterocycles. The first-order valence-corrected chi connectivity index (χ1v) is 8.50. The number of anilines is 1. The molecule has 3 aromatic rings. The molecule has 1 aromatic carbocycles. The van der Waals surface area contributed by atoms with Gasteiger partial charge in [-0.1, -0.05) is 0 Å². The lowest BCUT2D eigenvalue weighted by Gasteiger charge is -2.11. The fraction of sp³-hybridized carbons (Fsp3) is 0.235. The highest BCUT2D eigenvalue weighted by molar-refractivity contribution is 7.13. The fourth-order valence-corrected chi connectivity index (χ4v) is 3.26. The summed E-state index contributed by atoms with van der Waals surface area (Å²) in [6, 6.07) is 5.57. The number of carbonyl (C=O) groups is 1. The number of hydrogen-bond donors (Lipinski definition) is 1. The Bertz CT molecular complexity index is 923. The van der Waals surface area contributed by atoms with E-state index in [9.17, 15) is 4.79 Å². The largest absolute Gasteiger partial charge is 0.490 e. The first kappa shape index (κ1) is 14.9. The number of fused-ring (bicyclic) bond motifs is 2. The van der Waals surface area contributed by atoms with Gasteiger partial charge in [-0.25, -0.2) is 4.98 Å². The van der Waals surface area contributed by atoms with Crippen LogP contribution in [0, 0.1) is 6.92 Å². The Morgan fingerprint density at radius 1 is 1.25 bits per heavy atom. The van der Waals surface area contributed by atoms with Crippen LogP contribution in [0.4, 0.5) is 5.13 Å². The number of rotatable bonds is 2. The molecule has 0 saturated carbocycles. The van der Waals surface area contributed by atoms with Gasteiger partial charge in [0, 0.05) is 23.4 Å². The Morgan fingerprint density at radius 2 is 2.04 bits per heavy atom. The molecular weight excluding hydrogens is 326 g/mol. The summed E-state index contributed by atoms with van der Waals surface area (Å²) in [5, 5.41) is 6.86. The van der Waals surface area contributed by atoms with Gasteiger partial charge in [-0.05, 0) is 30.5 Å². The summed E-state index contributed by atoms with van der Waals surface area (Å²) >= 11 is 1.39. The van der Waals surface area contributed by atoms with Gasteiger partial charge in [0.15, 0.2) is 16.6 Å². The number of thiazole rings is 1. The number of nitrogens with one attached hydrogen (secondary N) is 1. The third-order valence-electron chi connectivity index (χ3n) is 3.69. The molecule has 122 valence electrons. The zero-order valence-corrected chi connectivity index (χ0v) is 13.9. The van der Waals surface area contributed by atoms with Crippen LogP contribution < -0.4 is 14.8 Å². The maximum Gasteiger partial charge on any atom is 0.276 e. The molecule has 0 bridgehead atoms. The van der Waals surface area contributed by atoms with Gasteiger partial charge in [-0.2, -0.15) is 0 Å². The monoisotopic (exact) mass is 341 g/mol.